The summed E-state index contributed by atoms with van der Waals surface area (Å²) in [6.07, 6.45) is -1.41. The van der Waals surface area contributed by atoms with Crippen LogP contribution in [0, 0.1) is 5.82 Å². The highest BCUT2D eigenvalue weighted by Crippen LogP contribution is 2.20. The molecule has 10 heteroatoms. The molecule has 146 valence electrons. The Balaban J connectivity index is 2.14. The number of aliphatic hydroxyl groups is 1. The summed E-state index contributed by atoms with van der Waals surface area (Å²) in [5.74, 6) is -1.76. The van der Waals surface area contributed by atoms with Crippen molar-refractivity contribution in [2.45, 2.75) is 30.6 Å². The maximum atomic E-state index is 13.7. The summed E-state index contributed by atoms with van der Waals surface area (Å²) >= 11 is 11.6. The fourth-order valence-corrected chi connectivity index (χ4v) is 3.70. The van der Waals surface area contributed by atoms with E-state index < -0.39 is 40.6 Å². The lowest BCUT2D eigenvalue weighted by molar-refractivity contribution is -0.149. The first-order valence-electron chi connectivity index (χ1n) is 7.67. The number of carbonyl (C=O) groups excluding carboxylic acids is 1. The van der Waals surface area contributed by atoms with Crippen LogP contribution in [0.4, 0.5) is 4.39 Å². The third-order valence-electron chi connectivity index (χ3n) is 3.56. The molecule has 0 unspecified atom stereocenters. The lowest BCUT2D eigenvalue weighted by atomic mass is 10.2. The summed E-state index contributed by atoms with van der Waals surface area (Å²) in [6.45, 7) is 0.697. The molecule has 0 aliphatic carbocycles. The van der Waals surface area contributed by atoms with Gasteiger partial charge in [0.2, 0.25) is 10.0 Å². The number of esters is 1. The number of hydrogen-bond donors (Lipinski definition) is 2. The van der Waals surface area contributed by atoms with Gasteiger partial charge in [-0.1, -0.05) is 29.3 Å². The van der Waals surface area contributed by atoms with Crippen LogP contribution in [0.15, 0.2) is 47.4 Å². The van der Waals surface area contributed by atoms with E-state index in [-0.39, 0.29) is 15.5 Å². The van der Waals surface area contributed by atoms with Gasteiger partial charge in [0.15, 0.2) is 0 Å². The minimum atomic E-state index is -4.14. The molecule has 6 nitrogen and oxygen atoms in total. The van der Waals surface area contributed by atoms with Gasteiger partial charge in [0.05, 0.1) is 16.0 Å². The van der Waals surface area contributed by atoms with E-state index in [0.29, 0.717) is 5.02 Å². The van der Waals surface area contributed by atoms with Crippen LogP contribution in [0.1, 0.15) is 12.5 Å². The monoisotopic (exact) mass is 435 g/mol. The van der Waals surface area contributed by atoms with Crippen LogP contribution >= 0.6 is 23.2 Å². The standard InChI is InChI=1S/C17H16Cl2FNO5S/c1-10(22)16(21-27(24,25)12-7-5-11(18)6-8-12)17(23)26-9-13-14(19)3-2-4-15(13)20/h2-8,10,16,21-22H,9H2,1H3/t10-,16+/m0/s1. The fraction of sp³-hybridized carbons (Fsp3) is 0.235. The summed E-state index contributed by atoms with van der Waals surface area (Å²) in [6, 6.07) is 7.58. The minimum absolute atomic E-state index is 0.0538. The van der Waals surface area contributed by atoms with Gasteiger partial charge in [-0.05, 0) is 43.3 Å². The van der Waals surface area contributed by atoms with E-state index in [1.54, 1.807) is 0 Å². The lowest BCUT2D eigenvalue weighted by Crippen LogP contribution is -2.48. The van der Waals surface area contributed by atoms with E-state index in [1.165, 1.54) is 43.3 Å². The van der Waals surface area contributed by atoms with Crippen molar-refractivity contribution < 1.29 is 27.4 Å². The molecule has 2 atom stereocenters. The van der Waals surface area contributed by atoms with Crippen molar-refractivity contribution in [1.82, 2.24) is 4.72 Å². The van der Waals surface area contributed by atoms with Crippen LogP contribution in [0.3, 0.4) is 0 Å². The van der Waals surface area contributed by atoms with Gasteiger partial charge in [-0.15, -0.1) is 0 Å². The third kappa shape index (κ3) is 5.63. The molecule has 0 fully saturated rings. The molecule has 0 radical (unpaired) electrons. The Kier molecular flexibility index (Phi) is 7.19. The SMILES string of the molecule is C[C@H](O)[C@@H](NS(=O)(=O)c1ccc(Cl)cc1)C(=O)OCc1c(F)cccc1Cl. The van der Waals surface area contributed by atoms with Crippen molar-refractivity contribution in [3.8, 4) is 0 Å². The summed E-state index contributed by atoms with van der Waals surface area (Å²) in [7, 11) is -4.14. The quantitative estimate of drug-likeness (QED) is 0.652. The Morgan fingerprint density at radius 1 is 1.22 bits per heavy atom. The van der Waals surface area contributed by atoms with Crippen molar-refractivity contribution in [1.29, 1.82) is 0 Å². The third-order valence-corrected chi connectivity index (χ3v) is 5.63. The van der Waals surface area contributed by atoms with Gasteiger partial charge in [-0.3, -0.25) is 4.79 Å². The molecule has 2 rings (SSSR count). The Bertz CT molecular complexity index is 899. The molecule has 0 amide bonds. The maximum Gasteiger partial charge on any atom is 0.327 e. The predicted octanol–water partition coefficient (Wildman–Crippen LogP) is 2.90. The van der Waals surface area contributed by atoms with Crippen LogP contribution in [0.5, 0.6) is 0 Å². The molecule has 2 N–H and O–H groups in total. The van der Waals surface area contributed by atoms with Gasteiger partial charge in [0, 0.05) is 10.6 Å². The van der Waals surface area contributed by atoms with Gasteiger partial charge in [0.25, 0.3) is 0 Å². The molecule has 0 bridgehead atoms. The molecule has 0 spiro atoms. The van der Waals surface area contributed by atoms with E-state index in [2.05, 4.69) is 4.72 Å². The fourth-order valence-electron chi connectivity index (χ4n) is 2.10. The average Bonchev–Trinajstić information content (AvgIpc) is 2.59. The van der Waals surface area contributed by atoms with E-state index in [9.17, 15) is 22.7 Å². The predicted molar refractivity (Wildman–Crippen MR) is 98.4 cm³/mol. The van der Waals surface area contributed by atoms with Gasteiger partial charge in [0.1, 0.15) is 18.5 Å². The molecular weight excluding hydrogens is 420 g/mol. The number of nitrogens with one attached hydrogen (secondary N) is 1. The summed E-state index contributed by atoms with van der Waals surface area (Å²) in [5.41, 5.74) is -0.0579. The van der Waals surface area contributed by atoms with Crippen molar-refractivity contribution in [3.05, 3.63) is 63.9 Å². The molecule has 0 aliphatic rings. The molecule has 0 saturated carbocycles. The summed E-state index contributed by atoms with van der Waals surface area (Å²) in [5, 5.41) is 10.2. The van der Waals surface area contributed by atoms with Gasteiger partial charge < -0.3 is 9.84 Å². The normalized spacial score (nSPS) is 13.8. The molecule has 0 saturated heterocycles. The van der Waals surface area contributed by atoms with Crippen molar-refractivity contribution in [3.63, 3.8) is 0 Å². The van der Waals surface area contributed by atoms with Crippen LogP contribution < -0.4 is 4.72 Å². The van der Waals surface area contributed by atoms with Gasteiger partial charge in [-0.25, -0.2) is 12.8 Å². The second kappa shape index (κ2) is 8.99. The van der Waals surface area contributed by atoms with Crippen molar-refractivity contribution in [2.75, 3.05) is 0 Å². The van der Waals surface area contributed by atoms with Crippen LogP contribution in [0.25, 0.3) is 0 Å². The number of halogens is 3. The van der Waals surface area contributed by atoms with E-state index in [1.807, 2.05) is 0 Å². The zero-order valence-electron chi connectivity index (χ0n) is 14.0. The zero-order valence-corrected chi connectivity index (χ0v) is 16.4. The second-order valence-corrected chi connectivity index (χ2v) is 8.16. The first-order chi connectivity index (χ1) is 12.6. The highest BCUT2D eigenvalue weighted by molar-refractivity contribution is 7.89. The highest BCUT2D eigenvalue weighted by atomic mass is 35.5. The van der Waals surface area contributed by atoms with Gasteiger partial charge in [-0.2, -0.15) is 4.72 Å². The number of ether oxygens (including phenoxy) is 1. The second-order valence-electron chi connectivity index (χ2n) is 5.60. The molecule has 2 aromatic carbocycles. The highest BCUT2D eigenvalue weighted by Gasteiger charge is 2.31. The molecular formula is C17H16Cl2FNO5S. The summed E-state index contributed by atoms with van der Waals surface area (Å²) in [4.78, 5) is 12.1. The van der Waals surface area contributed by atoms with Crippen molar-refractivity contribution in [2.24, 2.45) is 0 Å². The largest absolute Gasteiger partial charge is 0.459 e. The number of benzene rings is 2. The molecule has 0 aromatic heterocycles. The van der Waals surface area contributed by atoms with E-state index in [4.69, 9.17) is 27.9 Å². The molecule has 2 aromatic rings. The van der Waals surface area contributed by atoms with Crippen LogP contribution in [-0.2, 0) is 26.2 Å². The van der Waals surface area contributed by atoms with Gasteiger partial charge >= 0.3 is 5.97 Å². The Morgan fingerprint density at radius 2 is 1.85 bits per heavy atom. The Hall–Kier alpha value is -1.71. The first kappa shape index (κ1) is 21.6. The van der Waals surface area contributed by atoms with Crippen molar-refractivity contribution >= 4 is 39.2 Å². The average molecular weight is 436 g/mol. The number of aliphatic hydroxyl groups excluding tert-OH is 1. The topological polar surface area (TPSA) is 92.7 Å². The number of hydrogen-bond acceptors (Lipinski definition) is 5. The number of rotatable bonds is 7. The minimum Gasteiger partial charge on any atom is -0.459 e. The Labute approximate surface area is 165 Å². The number of sulfonamides is 1. The smallest absolute Gasteiger partial charge is 0.327 e. The number of carbonyl (C=O) groups is 1. The van der Waals surface area contributed by atoms with E-state index >= 15 is 0 Å². The van der Waals surface area contributed by atoms with Crippen LogP contribution in [-0.4, -0.2) is 31.6 Å². The lowest BCUT2D eigenvalue weighted by Gasteiger charge is -2.20. The molecule has 27 heavy (non-hydrogen) atoms. The zero-order chi connectivity index (χ0) is 20.2. The summed E-state index contributed by atoms with van der Waals surface area (Å²) < 4.78 is 45.5. The molecule has 0 heterocycles. The maximum absolute atomic E-state index is 13.7. The van der Waals surface area contributed by atoms with Crippen LogP contribution in [0.2, 0.25) is 10.0 Å². The molecule has 0 aliphatic heterocycles. The van der Waals surface area contributed by atoms with E-state index in [0.717, 1.165) is 6.07 Å². The Morgan fingerprint density at radius 3 is 2.41 bits per heavy atom. The first-order valence-corrected chi connectivity index (χ1v) is 9.91.